The number of amides is 2. The van der Waals surface area contributed by atoms with Crippen LogP contribution >= 0.6 is 0 Å². The van der Waals surface area contributed by atoms with Crippen LogP contribution < -0.4 is 4.74 Å². The summed E-state index contributed by atoms with van der Waals surface area (Å²) >= 11 is 0. The van der Waals surface area contributed by atoms with Gasteiger partial charge < -0.3 is 24.2 Å². The number of hydrogen-bond acceptors (Lipinski definition) is 5. The van der Waals surface area contributed by atoms with E-state index in [1.807, 2.05) is 73.7 Å². The maximum absolute atomic E-state index is 15.6. The minimum Gasteiger partial charge on any atom is -0.494 e. The van der Waals surface area contributed by atoms with Gasteiger partial charge in [0.25, 0.3) is 5.91 Å². The van der Waals surface area contributed by atoms with Gasteiger partial charge in [-0.15, -0.1) is 0 Å². The van der Waals surface area contributed by atoms with Crippen LogP contribution in [0.1, 0.15) is 69.5 Å². The average Bonchev–Trinajstić information content (AvgIpc) is 3.75. The topological polar surface area (TPSA) is 109 Å². The molecule has 3 aromatic heterocycles. The zero-order valence-corrected chi connectivity index (χ0v) is 31.0. The molecule has 1 saturated heterocycles. The summed E-state index contributed by atoms with van der Waals surface area (Å²) in [6, 6.07) is 24.8. The van der Waals surface area contributed by atoms with Gasteiger partial charge in [0.05, 0.1) is 31.0 Å². The van der Waals surface area contributed by atoms with Gasteiger partial charge >= 0.3 is 6.09 Å². The third kappa shape index (κ3) is 6.02. The normalized spacial score (nSPS) is 18.1. The lowest BCUT2D eigenvalue weighted by molar-refractivity contribution is 0.0369. The molecule has 9 rings (SSSR count). The lowest BCUT2D eigenvalue weighted by Crippen LogP contribution is -2.55. The van der Waals surface area contributed by atoms with Crippen LogP contribution in [0.15, 0.2) is 85.1 Å². The van der Waals surface area contributed by atoms with E-state index in [0.29, 0.717) is 22.7 Å². The predicted octanol–water partition coefficient (Wildman–Crippen LogP) is 8.23. The number of ether oxygens (including phenoxy) is 1. The van der Waals surface area contributed by atoms with Crippen LogP contribution in [-0.4, -0.2) is 85.8 Å². The Bertz CT molecular complexity index is 2490. The largest absolute Gasteiger partial charge is 0.494 e. The Balaban J connectivity index is 1.04. The van der Waals surface area contributed by atoms with Gasteiger partial charge in [-0.2, -0.15) is 5.10 Å². The van der Waals surface area contributed by atoms with Gasteiger partial charge in [-0.05, 0) is 73.1 Å². The van der Waals surface area contributed by atoms with E-state index in [1.54, 1.807) is 30.8 Å². The first-order valence-electron chi connectivity index (χ1n) is 18.9. The van der Waals surface area contributed by atoms with Gasteiger partial charge in [-0.1, -0.05) is 60.7 Å². The number of hydrogen-bond donors (Lipinski definition) is 1. The van der Waals surface area contributed by atoms with Gasteiger partial charge in [0.2, 0.25) is 0 Å². The molecule has 3 aromatic carbocycles. The van der Waals surface area contributed by atoms with Crippen LogP contribution in [0.3, 0.4) is 0 Å². The van der Waals surface area contributed by atoms with Crippen molar-refractivity contribution in [3.63, 3.8) is 0 Å². The first kappa shape index (κ1) is 34.8. The van der Waals surface area contributed by atoms with Crippen molar-refractivity contribution >= 4 is 34.2 Å². The standard InChI is InChI=1S/C44H42FN5O5/c1-25-41(39-17-29-15-14-28(26(2)51)16-38(29)49(39)20-27-12-13-27)46-50-21-30(18-40(55-3)42(25)50)43(52)47-22-31(45)19-32(23-47)48(44(53)54)24-37-35-10-6-4-8-33(35)34-9-5-7-11-36(34)37/h4-11,14-18,21,27,31-32,37H,12-13,19-20,22-24H2,1-3H3,(H,53,54)/t31-,32-/m1/s1. The summed E-state index contributed by atoms with van der Waals surface area (Å²) in [6.07, 6.45) is 1.40. The van der Waals surface area contributed by atoms with E-state index in [9.17, 15) is 19.5 Å². The molecule has 10 nitrogen and oxygen atoms in total. The van der Waals surface area contributed by atoms with Crippen LogP contribution in [0.4, 0.5) is 9.18 Å². The van der Waals surface area contributed by atoms with E-state index in [1.165, 1.54) is 9.80 Å². The number of pyridine rings is 1. The third-order valence-corrected chi connectivity index (χ3v) is 11.8. The Morgan fingerprint density at radius 1 is 0.945 bits per heavy atom. The molecule has 0 radical (unpaired) electrons. The first-order chi connectivity index (χ1) is 26.6. The number of ketones is 1. The smallest absolute Gasteiger partial charge is 0.407 e. The number of likely N-dealkylation sites (tertiary alicyclic amines) is 1. The highest BCUT2D eigenvalue weighted by Crippen LogP contribution is 2.45. The summed E-state index contributed by atoms with van der Waals surface area (Å²) in [5.41, 5.74) is 9.35. The Hall–Kier alpha value is -5.97. The van der Waals surface area contributed by atoms with Crippen LogP contribution in [0.5, 0.6) is 5.75 Å². The fraction of sp³-hybridized carbons (Fsp3) is 0.318. The molecule has 3 aliphatic rings. The molecule has 4 heterocycles. The quantitative estimate of drug-likeness (QED) is 0.150. The number of carbonyl (C=O) groups is 3. The molecule has 1 saturated carbocycles. The third-order valence-electron chi connectivity index (χ3n) is 11.8. The minimum absolute atomic E-state index is 0.00106. The number of benzene rings is 3. The molecule has 55 heavy (non-hydrogen) atoms. The molecule has 2 amide bonds. The van der Waals surface area contributed by atoms with Crippen molar-refractivity contribution in [1.29, 1.82) is 0 Å². The molecule has 1 aliphatic heterocycles. The second kappa shape index (κ2) is 13.4. The lowest BCUT2D eigenvalue weighted by Gasteiger charge is -2.40. The van der Waals surface area contributed by atoms with Crippen molar-refractivity contribution in [1.82, 2.24) is 24.0 Å². The maximum Gasteiger partial charge on any atom is 0.407 e. The summed E-state index contributed by atoms with van der Waals surface area (Å²) < 4.78 is 25.4. The van der Waals surface area contributed by atoms with E-state index < -0.39 is 24.2 Å². The highest BCUT2D eigenvalue weighted by Gasteiger charge is 2.39. The molecule has 2 atom stereocenters. The van der Waals surface area contributed by atoms with Gasteiger partial charge in [0.15, 0.2) is 5.78 Å². The van der Waals surface area contributed by atoms with E-state index in [0.717, 1.165) is 69.5 Å². The molecule has 280 valence electrons. The number of rotatable bonds is 9. The molecule has 0 spiro atoms. The van der Waals surface area contributed by atoms with E-state index in [2.05, 4.69) is 10.6 Å². The number of nitrogens with zero attached hydrogens (tertiary/aromatic N) is 5. The monoisotopic (exact) mass is 739 g/mol. The van der Waals surface area contributed by atoms with Gasteiger partial charge in [0, 0.05) is 60.2 Å². The van der Waals surface area contributed by atoms with Crippen molar-refractivity contribution in [2.75, 3.05) is 26.7 Å². The van der Waals surface area contributed by atoms with Crippen molar-refractivity contribution in [2.24, 2.45) is 5.92 Å². The molecule has 2 aliphatic carbocycles. The van der Waals surface area contributed by atoms with Gasteiger partial charge in [-0.3, -0.25) is 9.59 Å². The first-order valence-corrected chi connectivity index (χ1v) is 18.9. The highest BCUT2D eigenvalue weighted by atomic mass is 19.1. The number of piperidine rings is 1. The van der Waals surface area contributed by atoms with Crippen LogP contribution in [0.25, 0.3) is 38.9 Å². The Labute approximate surface area is 317 Å². The second-order valence-electron chi connectivity index (χ2n) is 15.3. The number of alkyl halides is 1. The molecular formula is C44H42FN5O5. The average molecular weight is 740 g/mol. The molecule has 2 fully saturated rings. The molecule has 6 aromatic rings. The summed E-state index contributed by atoms with van der Waals surface area (Å²) in [7, 11) is 1.54. The molecule has 0 unspecified atom stereocenters. The molecular weight excluding hydrogens is 698 g/mol. The van der Waals surface area contributed by atoms with Crippen molar-refractivity contribution in [3.05, 3.63) is 113 Å². The van der Waals surface area contributed by atoms with Crippen molar-refractivity contribution < 1.29 is 28.6 Å². The molecule has 11 heteroatoms. The summed E-state index contributed by atoms with van der Waals surface area (Å²) in [4.78, 5) is 42.2. The number of carbonyl (C=O) groups excluding carboxylic acids is 2. The summed E-state index contributed by atoms with van der Waals surface area (Å²) in [5, 5.41) is 16.6. The second-order valence-corrected chi connectivity index (χ2v) is 15.3. The number of fused-ring (bicyclic) bond motifs is 5. The predicted molar refractivity (Wildman–Crippen MR) is 208 cm³/mol. The molecule has 0 bridgehead atoms. The SMILES string of the molecule is COc1cc(C(=O)N2C[C@H](F)C[C@@H](N(CC3c4ccccc4-c4ccccc43)C(=O)O)C2)cn2nc(-c3cc4ccc(C(C)=O)cc4n3CC3CC3)c(C)c12. The number of methoxy groups -OCH3 is 1. The zero-order chi connectivity index (χ0) is 38.1. The fourth-order valence-corrected chi connectivity index (χ4v) is 8.85. The van der Waals surface area contributed by atoms with Crippen LogP contribution in [0.2, 0.25) is 0 Å². The van der Waals surface area contributed by atoms with E-state index in [-0.39, 0.29) is 43.3 Å². The van der Waals surface area contributed by atoms with E-state index >= 15 is 4.39 Å². The number of halogens is 1. The summed E-state index contributed by atoms with van der Waals surface area (Å²) in [6.45, 7) is 4.41. The fourth-order valence-electron chi connectivity index (χ4n) is 8.85. The number of aromatic nitrogens is 3. The van der Waals surface area contributed by atoms with Crippen molar-refractivity contribution in [2.45, 2.75) is 57.8 Å². The van der Waals surface area contributed by atoms with Crippen molar-refractivity contribution in [3.8, 4) is 28.3 Å². The van der Waals surface area contributed by atoms with Crippen LogP contribution in [0, 0.1) is 12.8 Å². The Morgan fingerprint density at radius 3 is 2.31 bits per heavy atom. The van der Waals surface area contributed by atoms with E-state index in [4.69, 9.17) is 9.84 Å². The number of aryl methyl sites for hydroxylation is 1. The Morgan fingerprint density at radius 2 is 1.65 bits per heavy atom. The summed E-state index contributed by atoms with van der Waals surface area (Å²) in [5.74, 6) is 0.371. The van der Waals surface area contributed by atoms with Crippen LogP contribution in [-0.2, 0) is 6.54 Å². The lowest BCUT2D eigenvalue weighted by atomic mass is 9.94. The maximum atomic E-state index is 15.6. The minimum atomic E-state index is -1.41. The van der Waals surface area contributed by atoms with Gasteiger partial charge in [-0.25, -0.2) is 13.7 Å². The highest BCUT2D eigenvalue weighted by molar-refractivity contribution is 5.99. The Kier molecular flexibility index (Phi) is 8.47. The molecule has 1 N–H and O–H groups in total. The zero-order valence-electron chi connectivity index (χ0n) is 31.0. The number of carboxylic acid groups (broad SMARTS) is 1. The van der Waals surface area contributed by atoms with Gasteiger partial charge in [0.1, 0.15) is 23.1 Å². The number of Topliss-reactive ketones (excluding diaryl/α,β-unsaturated/α-hetero) is 1.